The number of benzene rings is 1. The molecule has 1 aliphatic rings. The fourth-order valence-corrected chi connectivity index (χ4v) is 2.38. The summed E-state index contributed by atoms with van der Waals surface area (Å²) in [6, 6.07) is 4.51. The van der Waals surface area contributed by atoms with Gasteiger partial charge in [-0.15, -0.1) is 0 Å². The van der Waals surface area contributed by atoms with Crippen LogP contribution >= 0.6 is 11.6 Å². The van der Waals surface area contributed by atoms with Crippen LogP contribution in [-0.2, 0) is 0 Å². The van der Waals surface area contributed by atoms with Crippen molar-refractivity contribution >= 4 is 17.5 Å². The summed E-state index contributed by atoms with van der Waals surface area (Å²) in [4.78, 5) is 13.9. The van der Waals surface area contributed by atoms with Gasteiger partial charge in [0.2, 0.25) is 0 Å². The summed E-state index contributed by atoms with van der Waals surface area (Å²) in [7, 11) is 1.92. The van der Waals surface area contributed by atoms with E-state index in [4.69, 9.17) is 11.6 Å². The summed E-state index contributed by atoms with van der Waals surface area (Å²) in [6.07, 6.45) is 1.79. The highest BCUT2D eigenvalue weighted by atomic mass is 35.5. The summed E-state index contributed by atoms with van der Waals surface area (Å²) in [5, 5.41) is 3.57. The predicted octanol–water partition coefficient (Wildman–Crippen LogP) is 2.30. The summed E-state index contributed by atoms with van der Waals surface area (Å²) in [6.45, 7) is 1.30. The number of nitrogens with zero attached hydrogens (tertiary/aromatic N) is 1. The number of piperidine rings is 1. The van der Waals surface area contributed by atoms with Crippen LogP contribution in [0, 0.1) is 5.82 Å². The molecule has 1 N–H and O–H groups in total. The van der Waals surface area contributed by atoms with Crippen LogP contribution in [0.2, 0.25) is 5.02 Å². The molecule has 1 amide bonds. The van der Waals surface area contributed by atoms with Gasteiger partial charge in [-0.05, 0) is 38.1 Å². The molecule has 1 aromatic carbocycles. The van der Waals surface area contributed by atoms with Crippen molar-refractivity contribution in [3.8, 4) is 0 Å². The topological polar surface area (TPSA) is 32.3 Å². The largest absolute Gasteiger partial charge is 0.338 e. The van der Waals surface area contributed by atoms with Crippen LogP contribution < -0.4 is 5.32 Å². The van der Waals surface area contributed by atoms with E-state index in [2.05, 4.69) is 5.32 Å². The number of rotatable bonds is 2. The van der Waals surface area contributed by atoms with Crippen LogP contribution in [0.4, 0.5) is 4.39 Å². The molecule has 1 fully saturated rings. The molecule has 1 aliphatic heterocycles. The molecule has 5 heteroatoms. The van der Waals surface area contributed by atoms with Gasteiger partial charge in [0, 0.05) is 24.2 Å². The molecule has 0 aliphatic carbocycles. The zero-order valence-electron chi connectivity index (χ0n) is 10.2. The van der Waals surface area contributed by atoms with Gasteiger partial charge in [0.05, 0.1) is 5.56 Å². The number of amides is 1. The zero-order valence-corrected chi connectivity index (χ0v) is 11.0. The van der Waals surface area contributed by atoms with E-state index in [-0.39, 0.29) is 11.5 Å². The molecule has 18 heavy (non-hydrogen) atoms. The fourth-order valence-electron chi connectivity index (χ4n) is 2.20. The Labute approximate surface area is 111 Å². The molecule has 0 radical (unpaired) electrons. The molecular weight excluding hydrogens is 255 g/mol. The first-order valence-electron chi connectivity index (χ1n) is 6.03. The highest BCUT2D eigenvalue weighted by Crippen LogP contribution is 2.19. The van der Waals surface area contributed by atoms with Gasteiger partial charge in [-0.1, -0.05) is 11.6 Å². The van der Waals surface area contributed by atoms with Crippen LogP contribution in [0.1, 0.15) is 23.2 Å². The predicted molar refractivity (Wildman–Crippen MR) is 69.4 cm³/mol. The molecule has 1 heterocycles. The third kappa shape index (κ3) is 2.82. The quantitative estimate of drug-likeness (QED) is 0.894. The van der Waals surface area contributed by atoms with Gasteiger partial charge >= 0.3 is 0 Å². The van der Waals surface area contributed by atoms with Gasteiger partial charge in [0.25, 0.3) is 5.91 Å². The van der Waals surface area contributed by atoms with Crippen molar-refractivity contribution in [2.45, 2.75) is 18.9 Å². The maximum atomic E-state index is 13.6. The van der Waals surface area contributed by atoms with E-state index in [0.29, 0.717) is 24.2 Å². The number of likely N-dealkylation sites (tertiary alicyclic amines) is 1. The number of hydrogen-bond acceptors (Lipinski definition) is 2. The highest BCUT2D eigenvalue weighted by molar-refractivity contribution is 6.31. The van der Waals surface area contributed by atoms with Crippen molar-refractivity contribution in [3.05, 3.63) is 34.6 Å². The second-order valence-electron chi connectivity index (χ2n) is 4.48. The Morgan fingerprint density at radius 2 is 2.11 bits per heavy atom. The Hall–Kier alpha value is -1.13. The lowest BCUT2D eigenvalue weighted by molar-refractivity contribution is 0.0702. The Morgan fingerprint density at radius 3 is 2.72 bits per heavy atom. The Bertz CT molecular complexity index is 445. The first-order valence-corrected chi connectivity index (χ1v) is 6.41. The van der Waals surface area contributed by atoms with Crippen LogP contribution in [0.3, 0.4) is 0 Å². The smallest absolute Gasteiger partial charge is 0.256 e. The maximum Gasteiger partial charge on any atom is 0.256 e. The number of nitrogens with one attached hydrogen (secondary N) is 1. The minimum Gasteiger partial charge on any atom is -0.338 e. The van der Waals surface area contributed by atoms with Gasteiger partial charge in [-0.3, -0.25) is 4.79 Å². The van der Waals surface area contributed by atoms with E-state index in [1.807, 2.05) is 7.05 Å². The average Bonchev–Trinajstić information content (AvgIpc) is 2.41. The molecular formula is C13H16ClFN2O. The van der Waals surface area contributed by atoms with E-state index in [1.54, 1.807) is 4.90 Å². The minimum atomic E-state index is -0.514. The molecule has 0 unspecified atom stereocenters. The van der Waals surface area contributed by atoms with Crippen LogP contribution in [0.25, 0.3) is 0 Å². The van der Waals surface area contributed by atoms with E-state index in [9.17, 15) is 9.18 Å². The lowest BCUT2D eigenvalue weighted by Crippen LogP contribution is -2.44. The summed E-state index contributed by atoms with van der Waals surface area (Å²) in [5.74, 6) is -0.787. The molecule has 0 atom stereocenters. The molecule has 0 saturated carbocycles. The second kappa shape index (κ2) is 5.67. The maximum absolute atomic E-state index is 13.6. The Balaban J connectivity index is 2.10. The SMILES string of the molecule is CNC1CCN(C(=O)c2cc(Cl)ccc2F)CC1. The number of hydrogen-bond donors (Lipinski definition) is 1. The molecule has 0 bridgehead atoms. The van der Waals surface area contributed by atoms with Crippen molar-refractivity contribution in [1.29, 1.82) is 0 Å². The van der Waals surface area contributed by atoms with Crippen LogP contribution in [0.15, 0.2) is 18.2 Å². The van der Waals surface area contributed by atoms with E-state index >= 15 is 0 Å². The van der Waals surface area contributed by atoms with Gasteiger partial charge < -0.3 is 10.2 Å². The molecule has 1 aromatic rings. The summed E-state index contributed by atoms with van der Waals surface area (Å²) in [5.41, 5.74) is 0.0606. The van der Waals surface area contributed by atoms with Crippen molar-refractivity contribution in [2.75, 3.05) is 20.1 Å². The second-order valence-corrected chi connectivity index (χ2v) is 4.92. The molecule has 0 spiro atoms. The van der Waals surface area contributed by atoms with Gasteiger partial charge in [0.15, 0.2) is 0 Å². The van der Waals surface area contributed by atoms with Crippen LogP contribution in [0.5, 0.6) is 0 Å². The van der Waals surface area contributed by atoms with Crippen LogP contribution in [-0.4, -0.2) is 37.0 Å². The van der Waals surface area contributed by atoms with Crippen molar-refractivity contribution in [2.24, 2.45) is 0 Å². The first kappa shape index (κ1) is 13.3. The van der Waals surface area contributed by atoms with E-state index in [1.165, 1.54) is 18.2 Å². The zero-order chi connectivity index (χ0) is 13.1. The molecule has 2 rings (SSSR count). The van der Waals surface area contributed by atoms with Crippen molar-refractivity contribution in [1.82, 2.24) is 10.2 Å². The minimum absolute atomic E-state index is 0.0606. The molecule has 1 saturated heterocycles. The van der Waals surface area contributed by atoms with Gasteiger partial charge in [-0.25, -0.2) is 4.39 Å². The van der Waals surface area contributed by atoms with E-state index in [0.717, 1.165) is 12.8 Å². The number of halogens is 2. The standard InChI is InChI=1S/C13H16ClFN2O/c1-16-10-4-6-17(7-5-10)13(18)11-8-9(14)2-3-12(11)15/h2-3,8,10,16H,4-7H2,1H3. The monoisotopic (exact) mass is 270 g/mol. The Kier molecular flexibility index (Phi) is 4.19. The summed E-state index contributed by atoms with van der Waals surface area (Å²) < 4.78 is 13.6. The van der Waals surface area contributed by atoms with Gasteiger partial charge in [0.1, 0.15) is 5.82 Å². The van der Waals surface area contributed by atoms with Gasteiger partial charge in [-0.2, -0.15) is 0 Å². The molecule has 98 valence electrons. The highest BCUT2D eigenvalue weighted by Gasteiger charge is 2.24. The van der Waals surface area contributed by atoms with Crippen molar-refractivity contribution < 1.29 is 9.18 Å². The summed E-state index contributed by atoms with van der Waals surface area (Å²) >= 11 is 5.80. The molecule has 0 aromatic heterocycles. The number of carbonyl (C=O) groups excluding carboxylic acids is 1. The fraction of sp³-hybridized carbons (Fsp3) is 0.462. The third-order valence-corrected chi connectivity index (χ3v) is 3.58. The molecule has 3 nitrogen and oxygen atoms in total. The lowest BCUT2D eigenvalue weighted by atomic mass is 10.0. The first-order chi connectivity index (χ1) is 8.61. The number of carbonyl (C=O) groups is 1. The third-order valence-electron chi connectivity index (χ3n) is 3.35. The normalized spacial score (nSPS) is 16.9. The van der Waals surface area contributed by atoms with Crippen molar-refractivity contribution in [3.63, 3.8) is 0 Å². The lowest BCUT2D eigenvalue weighted by Gasteiger charge is -2.31. The van der Waals surface area contributed by atoms with E-state index < -0.39 is 5.82 Å². The average molecular weight is 271 g/mol. The Morgan fingerprint density at radius 1 is 1.44 bits per heavy atom.